The van der Waals surface area contributed by atoms with Crippen LogP contribution in [0.25, 0.3) is 0 Å². The lowest BCUT2D eigenvalue weighted by Crippen LogP contribution is -2.27. The van der Waals surface area contributed by atoms with Gasteiger partial charge in [-0.05, 0) is 37.5 Å². The van der Waals surface area contributed by atoms with Gasteiger partial charge in [0.05, 0.1) is 36.4 Å². The Morgan fingerprint density at radius 3 is 2.81 bits per heavy atom. The molecule has 3 aromatic heterocycles. The maximum atomic E-state index is 12.8. The molecule has 0 bridgehead atoms. The highest BCUT2D eigenvalue weighted by Gasteiger charge is 2.53. The van der Waals surface area contributed by atoms with Crippen molar-refractivity contribution in [2.24, 2.45) is 24.8 Å². The molecule has 0 radical (unpaired) electrons. The first-order chi connectivity index (χ1) is 15.5. The van der Waals surface area contributed by atoms with Crippen LogP contribution < -0.4 is 10.2 Å². The molecule has 1 amide bonds. The zero-order valence-corrected chi connectivity index (χ0v) is 18.7. The summed E-state index contributed by atoms with van der Waals surface area (Å²) in [7, 11) is 1.99. The second kappa shape index (κ2) is 7.15. The average molecular weight is 433 g/mol. The zero-order chi connectivity index (χ0) is 22.0. The Hall–Kier alpha value is -3.23. The van der Waals surface area contributed by atoms with E-state index in [2.05, 4.69) is 32.2 Å². The van der Waals surface area contributed by atoms with E-state index in [0.717, 1.165) is 66.6 Å². The summed E-state index contributed by atoms with van der Waals surface area (Å²) in [6.45, 7) is 7.04. The molecule has 9 nitrogen and oxygen atoms in total. The van der Waals surface area contributed by atoms with Gasteiger partial charge in [-0.1, -0.05) is 6.92 Å². The minimum absolute atomic E-state index is 0.0372. The Bertz CT molecular complexity index is 1180. The van der Waals surface area contributed by atoms with Crippen molar-refractivity contribution in [3.05, 3.63) is 53.1 Å². The molecule has 1 saturated heterocycles. The fourth-order valence-electron chi connectivity index (χ4n) is 5.39. The van der Waals surface area contributed by atoms with E-state index >= 15 is 0 Å². The van der Waals surface area contributed by atoms with Gasteiger partial charge in [-0.2, -0.15) is 5.10 Å². The van der Waals surface area contributed by atoms with Crippen molar-refractivity contribution in [2.75, 3.05) is 18.0 Å². The number of nitrogens with one attached hydrogen (secondary N) is 1. The molecular formula is C23H28N8O. The molecule has 2 aliphatic carbocycles. The van der Waals surface area contributed by atoms with Gasteiger partial charge < -0.3 is 14.8 Å². The van der Waals surface area contributed by atoms with E-state index < -0.39 is 0 Å². The zero-order valence-electron chi connectivity index (χ0n) is 18.7. The number of hydrogen-bond acceptors (Lipinski definition) is 6. The summed E-state index contributed by atoms with van der Waals surface area (Å²) in [6, 6.07) is -0.0372. The van der Waals surface area contributed by atoms with Crippen molar-refractivity contribution in [2.45, 2.75) is 39.3 Å². The number of anilines is 1. The van der Waals surface area contributed by atoms with E-state index in [1.54, 1.807) is 17.1 Å². The van der Waals surface area contributed by atoms with Crippen molar-refractivity contribution in [1.29, 1.82) is 0 Å². The van der Waals surface area contributed by atoms with E-state index in [0.29, 0.717) is 12.1 Å². The Kier molecular flexibility index (Phi) is 4.34. The highest BCUT2D eigenvalue weighted by molar-refractivity contribution is 5.94. The van der Waals surface area contributed by atoms with Gasteiger partial charge in [0.15, 0.2) is 0 Å². The number of rotatable bonds is 5. The second-order valence-electron chi connectivity index (χ2n) is 9.55. The predicted molar refractivity (Wildman–Crippen MR) is 118 cm³/mol. The van der Waals surface area contributed by atoms with Crippen molar-refractivity contribution in [1.82, 2.24) is 34.6 Å². The number of aromatic nitrogens is 6. The lowest BCUT2D eigenvalue weighted by molar-refractivity contribution is 0.0936. The van der Waals surface area contributed by atoms with Gasteiger partial charge in [-0.25, -0.2) is 15.0 Å². The molecule has 1 saturated carbocycles. The van der Waals surface area contributed by atoms with Crippen LogP contribution in [-0.2, 0) is 20.0 Å². The molecule has 6 rings (SSSR count). The number of hydrogen-bond donors (Lipinski definition) is 1. The number of imidazole rings is 1. The molecular weight excluding hydrogens is 404 g/mol. The lowest BCUT2D eigenvalue weighted by atomic mass is 10.2. The summed E-state index contributed by atoms with van der Waals surface area (Å²) in [5.74, 6) is 3.21. The van der Waals surface area contributed by atoms with E-state index in [1.165, 1.54) is 5.69 Å². The van der Waals surface area contributed by atoms with Gasteiger partial charge in [-0.3, -0.25) is 9.48 Å². The summed E-state index contributed by atoms with van der Waals surface area (Å²) in [5.41, 5.74) is 4.69. The number of amides is 1. The Morgan fingerprint density at radius 1 is 1.22 bits per heavy atom. The second-order valence-corrected chi connectivity index (χ2v) is 9.55. The van der Waals surface area contributed by atoms with Crippen molar-refractivity contribution >= 4 is 11.9 Å². The monoisotopic (exact) mass is 432 g/mol. The normalized spacial score (nSPS) is 25.7. The number of piperidine rings is 1. The quantitative estimate of drug-likeness (QED) is 0.662. The van der Waals surface area contributed by atoms with E-state index in [4.69, 9.17) is 4.98 Å². The number of carbonyl (C=O) groups excluding carboxylic acids is 1. The van der Waals surface area contributed by atoms with Crippen LogP contribution in [0.4, 0.5) is 5.95 Å². The number of nitrogens with zero attached hydrogens (tertiary/aromatic N) is 7. The largest absolute Gasteiger partial charge is 0.343 e. The molecule has 166 valence electrons. The van der Waals surface area contributed by atoms with Gasteiger partial charge >= 0.3 is 0 Å². The SMILES string of the molecule is Cc1nc(N2C[C@@H]3C(C)[C@@H]3C2)ncc1Cn1cc(C(=O)N[C@@H]2CCc3c2ncn3C)cn1. The Balaban J connectivity index is 1.10. The minimum atomic E-state index is -0.120. The predicted octanol–water partition coefficient (Wildman–Crippen LogP) is 1.88. The summed E-state index contributed by atoms with van der Waals surface area (Å²) in [6.07, 6.45) is 8.92. The van der Waals surface area contributed by atoms with Gasteiger partial charge in [0.1, 0.15) is 0 Å². The summed E-state index contributed by atoms with van der Waals surface area (Å²) in [4.78, 5) is 28.9. The Morgan fingerprint density at radius 2 is 2.03 bits per heavy atom. The molecule has 2 fully saturated rings. The summed E-state index contributed by atoms with van der Waals surface area (Å²) >= 11 is 0. The highest BCUT2D eigenvalue weighted by atomic mass is 16.1. The lowest BCUT2D eigenvalue weighted by Gasteiger charge is -2.19. The molecule has 1 N–H and O–H groups in total. The molecule has 3 aromatic rings. The van der Waals surface area contributed by atoms with Crippen LogP contribution >= 0.6 is 0 Å². The van der Waals surface area contributed by atoms with Crippen molar-refractivity contribution in [3.63, 3.8) is 0 Å². The topological polar surface area (TPSA) is 93.8 Å². The average Bonchev–Trinajstić information content (AvgIpc) is 3.36. The van der Waals surface area contributed by atoms with Crippen molar-refractivity contribution < 1.29 is 4.79 Å². The highest BCUT2D eigenvalue weighted by Crippen LogP contribution is 2.51. The molecule has 4 atom stereocenters. The van der Waals surface area contributed by atoms with Crippen molar-refractivity contribution in [3.8, 4) is 0 Å². The van der Waals surface area contributed by atoms with Crippen LogP contribution in [0.2, 0.25) is 0 Å². The van der Waals surface area contributed by atoms with E-state index in [1.807, 2.05) is 31.1 Å². The smallest absolute Gasteiger partial charge is 0.255 e. The molecule has 1 aliphatic heterocycles. The third kappa shape index (κ3) is 3.18. The first-order valence-corrected chi connectivity index (χ1v) is 11.4. The standard InChI is InChI=1S/C23H28N8O/c1-13-17-10-30(11-18(13)17)23-24-6-15(14(2)27-23)8-31-9-16(7-26-31)22(32)28-19-4-5-20-21(19)25-12-29(20)3/h6-7,9,12-13,17-19H,4-5,8,10-11H2,1-3H3,(H,28,32)/t13?,17-,18+,19-/m1/s1. The first kappa shape index (κ1) is 19.5. The van der Waals surface area contributed by atoms with Gasteiger partial charge in [-0.15, -0.1) is 0 Å². The Labute approximate surface area is 186 Å². The molecule has 9 heteroatoms. The van der Waals surface area contributed by atoms with Gasteiger partial charge in [0.2, 0.25) is 5.95 Å². The maximum Gasteiger partial charge on any atom is 0.255 e. The molecule has 0 spiro atoms. The molecule has 4 heterocycles. The third-order valence-corrected chi connectivity index (χ3v) is 7.60. The van der Waals surface area contributed by atoms with Crippen LogP contribution in [0.1, 0.15) is 52.4 Å². The van der Waals surface area contributed by atoms with Crippen LogP contribution in [0, 0.1) is 24.7 Å². The van der Waals surface area contributed by atoms with E-state index in [9.17, 15) is 4.79 Å². The van der Waals surface area contributed by atoms with Gasteiger partial charge in [0, 0.05) is 49.5 Å². The fourth-order valence-corrected chi connectivity index (χ4v) is 5.39. The number of aryl methyl sites for hydroxylation is 2. The molecule has 3 aliphatic rings. The molecule has 1 unspecified atom stereocenters. The first-order valence-electron chi connectivity index (χ1n) is 11.4. The summed E-state index contributed by atoms with van der Waals surface area (Å²) < 4.78 is 3.80. The van der Waals surface area contributed by atoms with Crippen LogP contribution in [-0.4, -0.2) is 48.3 Å². The minimum Gasteiger partial charge on any atom is -0.343 e. The summed E-state index contributed by atoms with van der Waals surface area (Å²) in [5, 5.41) is 7.49. The number of carbonyl (C=O) groups is 1. The number of fused-ring (bicyclic) bond motifs is 2. The molecule has 32 heavy (non-hydrogen) atoms. The maximum absolute atomic E-state index is 12.8. The fraction of sp³-hybridized carbons (Fsp3) is 0.522. The van der Waals surface area contributed by atoms with Crippen LogP contribution in [0.3, 0.4) is 0 Å². The third-order valence-electron chi connectivity index (χ3n) is 7.60. The molecule has 0 aromatic carbocycles. The van der Waals surface area contributed by atoms with E-state index in [-0.39, 0.29) is 11.9 Å². The van der Waals surface area contributed by atoms with Crippen LogP contribution in [0.15, 0.2) is 24.9 Å². The van der Waals surface area contributed by atoms with Crippen LogP contribution in [0.5, 0.6) is 0 Å². The van der Waals surface area contributed by atoms with Gasteiger partial charge in [0.25, 0.3) is 5.91 Å².